The average Bonchev–Trinajstić information content (AvgIpc) is 2.81. The van der Waals surface area contributed by atoms with Crippen molar-refractivity contribution in [3.63, 3.8) is 0 Å². The van der Waals surface area contributed by atoms with Gasteiger partial charge >= 0.3 is 0 Å². The van der Waals surface area contributed by atoms with Gasteiger partial charge in [0.25, 0.3) is 0 Å². The lowest BCUT2D eigenvalue weighted by Gasteiger charge is -2.07. The molecule has 0 atom stereocenters. The van der Waals surface area contributed by atoms with Gasteiger partial charge in [-0.25, -0.2) is 10.8 Å². The molecule has 0 saturated carbocycles. The summed E-state index contributed by atoms with van der Waals surface area (Å²) in [5.74, 6) is 6.28. The van der Waals surface area contributed by atoms with Crippen LogP contribution < -0.4 is 16.6 Å². The minimum atomic E-state index is 0.313. The number of guanidine groups is 1. The van der Waals surface area contributed by atoms with Crippen molar-refractivity contribution in [2.45, 2.75) is 13.0 Å². The molecule has 0 aliphatic rings. The van der Waals surface area contributed by atoms with Crippen molar-refractivity contribution in [1.29, 1.82) is 0 Å². The quantitative estimate of drug-likeness (QED) is 0.188. The smallest absolute Gasteiger partial charge is 0.213 e. The first-order valence-corrected chi connectivity index (χ1v) is 4.86. The van der Waals surface area contributed by atoms with Crippen molar-refractivity contribution >= 4 is 5.96 Å². The topological polar surface area (TPSA) is 111 Å². The lowest BCUT2D eigenvalue weighted by atomic mass is 10.4. The van der Waals surface area contributed by atoms with Gasteiger partial charge in [0.05, 0.1) is 0 Å². The fourth-order valence-electron chi connectivity index (χ4n) is 0.988. The third kappa shape index (κ3) is 4.71. The Labute approximate surface area is 93.2 Å². The number of aliphatic imine (C=N–C) groups is 1. The molecule has 0 spiro atoms. The second-order valence-electron chi connectivity index (χ2n) is 2.93. The summed E-state index contributed by atoms with van der Waals surface area (Å²) >= 11 is 0. The highest BCUT2D eigenvalue weighted by Gasteiger charge is 1.98. The number of hydrogen-bond donors (Lipinski definition) is 3. The molecule has 0 amide bonds. The number of ether oxygens (including phenoxy) is 1. The zero-order valence-electron chi connectivity index (χ0n) is 9.14. The van der Waals surface area contributed by atoms with Gasteiger partial charge in [0.1, 0.15) is 6.54 Å². The Morgan fingerprint density at radius 1 is 1.69 bits per heavy atom. The first kappa shape index (κ1) is 12.4. The van der Waals surface area contributed by atoms with Gasteiger partial charge < -0.3 is 14.6 Å². The van der Waals surface area contributed by atoms with E-state index in [1.165, 1.54) is 6.39 Å². The third-order valence-corrected chi connectivity index (χ3v) is 1.74. The molecule has 1 aromatic rings. The van der Waals surface area contributed by atoms with Crippen LogP contribution in [-0.4, -0.2) is 36.4 Å². The Morgan fingerprint density at radius 2 is 2.56 bits per heavy atom. The monoisotopic (exact) mass is 228 g/mol. The van der Waals surface area contributed by atoms with Crippen molar-refractivity contribution in [2.75, 3.05) is 20.3 Å². The Kier molecular flexibility index (Phi) is 5.89. The highest BCUT2D eigenvalue weighted by molar-refractivity contribution is 5.79. The van der Waals surface area contributed by atoms with Gasteiger partial charge in [-0.05, 0) is 6.42 Å². The molecule has 1 heterocycles. The Morgan fingerprint density at radius 3 is 3.19 bits per heavy atom. The van der Waals surface area contributed by atoms with E-state index in [4.69, 9.17) is 10.6 Å². The molecular formula is C8H16N6O2. The van der Waals surface area contributed by atoms with E-state index >= 15 is 0 Å². The zero-order valence-corrected chi connectivity index (χ0v) is 9.14. The van der Waals surface area contributed by atoms with Crippen LogP contribution >= 0.6 is 0 Å². The van der Waals surface area contributed by atoms with Crippen LogP contribution in [0, 0.1) is 0 Å². The molecule has 0 unspecified atom stereocenters. The first-order valence-electron chi connectivity index (χ1n) is 4.86. The number of hydrazine groups is 1. The standard InChI is InChI=1S/C8H16N6O2/c1-15-4-2-3-10-8(13-9)11-5-7-12-6-16-14-7/h6H,2-5,9H2,1H3,(H2,10,11,13). The second-order valence-corrected chi connectivity index (χ2v) is 2.93. The van der Waals surface area contributed by atoms with Gasteiger partial charge in [-0.1, -0.05) is 5.16 Å². The molecule has 90 valence electrons. The maximum atomic E-state index is 5.29. The summed E-state index contributed by atoms with van der Waals surface area (Å²) in [4.78, 5) is 7.96. The van der Waals surface area contributed by atoms with Gasteiger partial charge in [-0.2, -0.15) is 4.98 Å². The molecule has 0 radical (unpaired) electrons. The van der Waals surface area contributed by atoms with Gasteiger partial charge in [0.2, 0.25) is 12.4 Å². The molecule has 1 aromatic heterocycles. The minimum Gasteiger partial charge on any atom is -0.385 e. The number of nitrogens with two attached hydrogens (primary N) is 1. The summed E-state index contributed by atoms with van der Waals surface area (Å²) < 4.78 is 9.49. The second kappa shape index (κ2) is 7.60. The highest BCUT2D eigenvalue weighted by atomic mass is 16.5. The van der Waals surface area contributed by atoms with Crippen LogP contribution in [0.1, 0.15) is 12.2 Å². The normalized spacial score (nSPS) is 11.5. The Bertz CT molecular complexity index is 299. The molecule has 1 rings (SSSR count). The van der Waals surface area contributed by atoms with Crippen LogP contribution in [0.2, 0.25) is 0 Å². The maximum Gasteiger partial charge on any atom is 0.213 e. The molecule has 8 nitrogen and oxygen atoms in total. The van der Waals surface area contributed by atoms with E-state index in [1.807, 2.05) is 0 Å². The SMILES string of the molecule is COCCCNC(=NCc1ncon1)NN. The molecule has 0 aliphatic carbocycles. The van der Waals surface area contributed by atoms with Gasteiger partial charge in [0.15, 0.2) is 5.82 Å². The van der Waals surface area contributed by atoms with E-state index in [1.54, 1.807) is 7.11 Å². The van der Waals surface area contributed by atoms with E-state index in [0.29, 0.717) is 24.9 Å². The van der Waals surface area contributed by atoms with Crippen molar-refractivity contribution in [3.8, 4) is 0 Å². The summed E-state index contributed by atoms with van der Waals surface area (Å²) in [6.07, 6.45) is 2.13. The van der Waals surface area contributed by atoms with Crippen LogP contribution in [0.4, 0.5) is 0 Å². The number of nitrogens with zero attached hydrogens (tertiary/aromatic N) is 3. The maximum absolute atomic E-state index is 5.29. The van der Waals surface area contributed by atoms with Crippen LogP contribution in [-0.2, 0) is 11.3 Å². The van der Waals surface area contributed by atoms with Crippen LogP contribution in [0.5, 0.6) is 0 Å². The lowest BCUT2D eigenvalue weighted by Crippen LogP contribution is -2.42. The molecular weight excluding hydrogens is 212 g/mol. The van der Waals surface area contributed by atoms with Gasteiger partial charge in [-0.3, -0.25) is 5.43 Å². The Hall–Kier alpha value is -1.67. The summed E-state index contributed by atoms with van der Waals surface area (Å²) in [5.41, 5.74) is 2.45. The molecule has 0 aromatic carbocycles. The number of rotatable bonds is 6. The average molecular weight is 228 g/mol. The highest BCUT2D eigenvalue weighted by Crippen LogP contribution is 1.90. The number of aromatic nitrogens is 2. The fraction of sp³-hybridized carbons (Fsp3) is 0.625. The number of nitrogens with one attached hydrogen (secondary N) is 2. The van der Waals surface area contributed by atoms with Crippen LogP contribution in [0.3, 0.4) is 0 Å². The van der Waals surface area contributed by atoms with E-state index in [9.17, 15) is 0 Å². The van der Waals surface area contributed by atoms with Crippen LogP contribution in [0.25, 0.3) is 0 Å². The van der Waals surface area contributed by atoms with E-state index in [-0.39, 0.29) is 0 Å². The molecule has 4 N–H and O–H groups in total. The predicted molar refractivity (Wildman–Crippen MR) is 57.3 cm³/mol. The summed E-state index contributed by atoms with van der Waals surface area (Å²) in [6, 6.07) is 0. The van der Waals surface area contributed by atoms with Crippen molar-refractivity contribution in [3.05, 3.63) is 12.2 Å². The lowest BCUT2D eigenvalue weighted by molar-refractivity contribution is 0.195. The number of hydrogen-bond acceptors (Lipinski definition) is 6. The molecule has 0 fully saturated rings. The summed E-state index contributed by atoms with van der Waals surface area (Å²) in [5, 5.41) is 6.64. The van der Waals surface area contributed by atoms with E-state index in [0.717, 1.165) is 13.0 Å². The molecule has 8 heteroatoms. The van der Waals surface area contributed by atoms with Gasteiger partial charge in [-0.15, -0.1) is 0 Å². The fourth-order valence-corrected chi connectivity index (χ4v) is 0.988. The number of methoxy groups -OCH3 is 1. The van der Waals surface area contributed by atoms with Crippen molar-refractivity contribution in [1.82, 2.24) is 20.9 Å². The largest absolute Gasteiger partial charge is 0.385 e. The molecule has 0 bridgehead atoms. The van der Waals surface area contributed by atoms with Crippen molar-refractivity contribution in [2.24, 2.45) is 10.8 Å². The molecule has 16 heavy (non-hydrogen) atoms. The van der Waals surface area contributed by atoms with E-state index in [2.05, 4.69) is 30.4 Å². The summed E-state index contributed by atoms with van der Waals surface area (Å²) in [6.45, 7) is 1.73. The van der Waals surface area contributed by atoms with Gasteiger partial charge in [0, 0.05) is 20.3 Å². The molecule has 0 saturated heterocycles. The minimum absolute atomic E-state index is 0.313. The van der Waals surface area contributed by atoms with E-state index < -0.39 is 0 Å². The predicted octanol–water partition coefficient (Wildman–Crippen LogP) is -0.985. The van der Waals surface area contributed by atoms with Crippen LogP contribution in [0.15, 0.2) is 15.9 Å². The molecule has 0 aliphatic heterocycles. The third-order valence-electron chi connectivity index (χ3n) is 1.74. The Balaban J connectivity index is 2.27. The zero-order chi connectivity index (χ0) is 11.6. The van der Waals surface area contributed by atoms with Crippen molar-refractivity contribution < 1.29 is 9.26 Å². The summed E-state index contributed by atoms with van der Waals surface area (Å²) in [7, 11) is 1.66. The first-order chi connectivity index (χ1) is 7.86.